The number of carbonyl (C=O) groups excluding carboxylic acids is 6. The highest BCUT2D eigenvalue weighted by Gasteiger charge is 2.34. The SMILES string of the molecule is CCCSC[C@H](CC(=O)[C@H](CCCCNC(=O)[C@H](CN)N1C(=O)C=CC1=O)NC(=O)[C@@H](CC)CSCCC)C(C)=O. The molecule has 232 valence electrons. The Labute approximate surface area is 253 Å². The van der Waals surface area contributed by atoms with Gasteiger partial charge in [-0.2, -0.15) is 23.5 Å². The summed E-state index contributed by atoms with van der Waals surface area (Å²) >= 11 is 3.38. The molecule has 41 heavy (non-hydrogen) atoms. The van der Waals surface area contributed by atoms with Crippen LogP contribution in [0.4, 0.5) is 0 Å². The molecule has 10 nitrogen and oxygen atoms in total. The van der Waals surface area contributed by atoms with Crippen molar-refractivity contribution in [1.82, 2.24) is 15.5 Å². The van der Waals surface area contributed by atoms with E-state index in [1.165, 1.54) is 6.92 Å². The maximum Gasteiger partial charge on any atom is 0.254 e. The highest BCUT2D eigenvalue weighted by molar-refractivity contribution is 7.99. The lowest BCUT2D eigenvalue weighted by atomic mass is 9.94. The van der Waals surface area contributed by atoms with Gasteiger partial charge in [0.25, 0.3) is 11.8 Å². The molecule has 0 saturated heterocycles. The number of imide groups is 1. The second-order valence-corrected chi connectivity index (χ2v) is 12.5. The maximum absolute atomic E-state index is 13.4. The standard InChI is InChI=1S/C29H48N4O6S2/c1-5-14-40-18-21(7-3)28(38)32-23(25(35)16-22(20(4)34)19-41-15-6-2)10-8-9-13-31-29(39)24(17-30)33-26(36)11-12-27(33)37/h11-12,21-24H,5-10,13-19,30H2,1-4H3,(H,31,39)(H,32,38)/t21-,22-,23-,24-/m0/s1. The monoisotopic (exact) mass is 612 g/mol. The van der Waals surface area contributed by atoms with Crippen LogP contribution in [0.2, 0.25) is 0 Å². The highest BCUT2D eigenvalue weighted by atomic mass is 32.2. The molecule has 4 atom stereocenters. The molecule has 0 unspecified atom stereocenters. The zero-order valence-electron chi connectivity index (χ0n) is 24.9. The van der Waals surface area contributed by atoms with Gasteiger partial charge in [0.15, 0.2) is 5.78 Å². The number of hydrogen-bond donors (Lipinski definition) is 3. The van der Waals surface area contributed by atoms with Crippen molar-refractivity contribution in [2.75, 3.05) is 36.1 Å². The van der Waals surface area contributed by atoms with E-state index < -0.39 is 35.7 Å². The van der Waals surface area contributed by atoms with Crippen LogP contribution in [0.25, 0.3) is 0 Å². The van der Waals surface area contributed by atoms with Crippen LogP contribution < -0.4 is 16.4 Å². The van der Waals surface area contributed by atoms with Gasteiger partial charge in [-0.15, -0.1) is 0 Å². The van der Waals surface area contributed by atoms with Gasteiger partial charge in [-0.05, 0) is 57.0 Å². The predicted molar refractivity (Wildman–Crippen MR) is 165 cm³/mol. The average molecular weight is 613 g/mol. The third-order valence-electron chi connectivity index (χ3n) is 6.83. The number of amides is 4. The minimum Gasteiger partial charge on any atom is -0.354 e. The highest BCUT2D eigenvalue weighted by Crippen LogP contribution is 2.19. The molecule has 1 aliphatic heterocycles. The number of thioether (sulfide) groups is 2. The molecule has 0 aromatic carbocycles. The number of hydrogen-bond acceptors (Lipinski definition) is 9. The van der Waals surface area contributed by atoms with E-state index in [0.717, 1.165) is 41.4 Å². The summed E-state index contributed by atoms with van der Waals surface area (Å²) in [5.74, 6) is 0.538. The molecule has 1 aliphatic rings. The van der Waals surface area contributed by atoms with Crippen molar-refractivity contribution in [2.45, 2.75) is 84.7 Å². The molecule has 1 rings (SSSR count). The van der Waals surface area contributed by atoms with Crippen molar-refractivity contribution < 1.29 is 28.8 Å². The summed E-state index contributed by atoms with van der Waals surface area (Å²) in [5, 5.41) is 5.68. The molecule has 0 bridgehead atoms. The second kappa shape index (κ2) is 20.7. The summed E-state index contributed by atoms with van der Waals surface area (Å²) < 4.78 is 0. The first kappa shape index (κ1) is 36.8. The van der Waals surface area contributed by atoms with Gasteiger partial charge in [-0.1, -0.05) is 20.8 Å². The fraction of sp³-hybridized carbons (Fsp3) is 0.724. The zero-order valence-corrected chi connectivity index (χ0v) is 26.6. The number of nitrogens with one attached hydrogen (secondary N) is 2. The molecule has 0 saturated carbocycles. The molecule has 4 amide bonds. The van der Waals surface area contributed by atoms with Gasteiger partial charge in [0, 0.05) is 55.0 Å². The lowest BCUT2D eigenvalue weighted by Crippen LogP contribution is -2.53. The fourth-order valence-electron chi connectivity index (χ4n) is 4.28. The van der Waals surface area contributed by atoms with Gasteiger partial charge in [0.2, 0.25) is 11.8 Å². The van der Waals surface area contributed by atoms with Crippen molar-refractivity contribution in [3.8, 4) is 0 Å². The molecule has 0 fully saturated rings. The topological polar surface area (TPSA) is 156 Å². The minimum atomic E-state index is -1.09. The van der Waals surface area contributed by atoms with Crippen LogP contribution in [-0.4, -0.2) is 88.3 Å². The molecule has 0 aromatic heterocycles. The summed E-state index contributed by atoms with van der Waals surface area (Å²) in [5.41, 5.74) is 5.66. The van der Waals surface area contributed by atoms with E-state index >= 15 is 0 Å². The molecule has 4 N–H and O–H groups in total. The van der Waals surface area contributed by atoms with Crippen LogP contribution >= 0.6 is 23.5 Å². The van der Waals surface area contributed by atoms with Crippen LogP contribution in [0.3, 0.4) is 0 Å². The first-order valence-corrected chi connectivity index (χ1v) is 16.9. The van der Waals surface area contributed by atoms with Crippen molar-refractivity contribution >= 4 is 58.7 Å². The Kier molecular flexibility index (Phi) is 18.6. The largest absolute Gasteiger partial charge is 0.354 e. The Morgan fingerprint density at radius 1 is 0.902 bits per heavy atom. The Bertz CT molecular complexity index is 911. The van der Waals surface area contributed by atoms with E-state index in [0.29, 0.717) is 37.2 Å². The second-order valence-electron chi connectivity index (χ2n) is 10.2. The van der Waals surface area contributed by atoms with Gasteiger partial charge < -0.3 is 16.4 Å². The van der Waals surface area contributed by atoms with E-state index in [9.17, 15) is 28.8 Å². The number of nitrogens with two attached hydrogens (primary N) is 1. The maximum atomic E-state index is 13.4. The smallest absolute Gasteiger partial charge is 0.254 e. The van der Waals surface area contributed by atoms with Crippen molar-refractivity contribution in [2.24, 2.45) is 17.6 Å². The van der Waals surface area contributed by atoms with Crippen molar-refractivity contribution in [1.29, 1.82) is 0 Å². The Balaban J connectivity index is 2.78. The third-order valence-corrected chi connectivity index (χ3v) is 9.50. The summed E-state index contributed by atoms with van der Waals surface area (Å²) in [4.78, 5) is 76.0. The quantitative estimate of drug-likeness (QED) is 0.117. The van der Waals surface area contributed by atoms with E-state index in [-0.39, 0.29) is 42.9 Å². The summed E-state index contributed by atoms with van der Waals surface area (Å²) in [6, 6.07) is -1.81. The number of rotatable bonds is 23. The molecule has 0 aliphatic carbocycles. The van der Waals surface area contributed by atoms with E-state index in [4.69, 9.17) is 5.73 Å². The van der Waals surface area contributed by atoms with Crippen molar-refractivity contribution in [3.05, 3.63) is 12.2 Å². The molecule has 0 spiro atoms. The molecular formula is C29H48N4O6S2. The van der Waals surface area contributed by atoms with Gasteiger partial charge in [-0.3, -0.25) is 33.7 Å². The van der Waals surface area contributed by atoms with Crippen molar-refractivity contribution in [3.63, 3.8) is 0 Å². The molecule has 0 aromatic rings. The number of Topliss-reactive ketones (excluding diaryl/α,β-unsaturated/α-hetero) is 2. The Morgan fingerprint density at radius 3 is 2.00 bits per heavy atom. The Hall–Kier alpha value is -2.18. The normalized spacial score (nSPS) is 15.9. The Morgan fingerprint density at radius 2 is 1.49 bits per heavy atom. The molecule has 1 heterocycles. The van der Waals surface area contributed by atoms with Gasteiger partial charge in [0.1, 0.15) is 11.8 Å². The zero-order chi connectivity index (χ0) is 30.8. The minimum absolute atomic E-state index is 0.0308. The lowest BCUT2D eigenvalue weighted by molar-refractivity contribution is -0.145. The number of carbonyl (C=O) groups is 6. The number of nitrogens with zero attached hydrogens (tertiary/aromatic N) is 1. The fourth-order valence-corrected chi connectivity index (χ4v) is 6.50. The van der Waals surface area contributed by atoms with E-state index in [1.807, 2.05) is 6.92 Å². The van der Waals surface area contributed by atoms with Crippen LogP contribution in [0.5, 0.6) is 0 Å². The molecule has 0 radical (unpaired) electrons. The molecule has 12 heteroatoms. The van der Waals surface area contributed by atoms with Gasteiger partial charge in [-0.25, -0.2) is 0 Å². The molecular weight excluding hydrogens is 564 g/mol. The van der Waals surface area contributed by atoms with E-state index in [2.05, 4.69) is 24.5 Å². The summed E-state index contributed by atoms with van der Waals surface area (Å²) in [6.07, 6.45) is 6.39. The van der Waals surface area contributed by atoms with Gasteiger partial charge in [0.05, 0.1) is 6.04 Å². The summed E-state index contributed by atoms with van der Waals surface area (Å²) in [6.45, 7) is 7.68. The first-order chi connectivity index (χ1) is 19.6. The van der Waals surface area contributed by atoms with Crippen LogP contribution in [0.15, 0.2) is 12.2 Å². The van der Waals surface area contributed by atoms with Crippen LogP contribution in [0.1, 0.15) is 72.6 Å². The van der Waals surface area contributed by atoms with Crippen LogP contribution in [0, 0.1) is 11.8 Å². The third kappa shape index (κ3) is 13.1. The predicted octanol–water partition coefficient (Wildman–Crippen LogP) is 2.49. The van der Waals surface area contributed by atoms with Gasteiger partial charge >= 0.3 is 0 Å². The number of ketones is 2. The number of unbranched alkanes of at least 4 members (excludes halogenated alkanes) is 1. The summed E-state index contributed by atoms with van der Waals surface area (Å²) in [7, 11) is 0. The lowest BCUT2D eigenvalue weighted by Gasteiger charge is -2.24. The van der Waals surface area contributed by atoms with E-state index in [1.54, 1.807) is 23.5 Å². The average Bonchev–Trinajstić information content (AvgIpc) is 3.27. The van der Waals surface area contributed by atoms with Crippen LogP contribution in [-0.2, 0) is 28.8 Å². The first-order valence-electron chi connectivity index (χ1n) is 14.6.